The van der Waals surface area contributed by atoms with E-state index >= 15 is 0 Å². The molecule has 2 heterocycles. The van der Waals surface area contributed by atoms with Gasteiger partial charge in [0, 0.05) is 6.54 Å². The summed E-state index contributed by atoms with van der Waals surface area (Å²) in [6.07, 6.45) is 1.72. The Bertz CT molecular complexity index is 627. The Morgan fingerprint density at radius 3 is 3.00 bits per heavy atom. The van der Waals surface area contributed by atoms with Crippen molar-refractivity contribution in [3.63, 3.8) is 0 Å². The third kappa shape index (κ3) is 1.19. The maximum absolute atomic E-state index is 5.60. The number of nitrogens with two attached hydrogens (primary N) is 1. The number of hydrogen-bond acceptors (Lipinski definition) is 3. The van der Waals surface area contributed by atoms with Crippen LogP contribution in [0.5, 0.6) is 0 Å². The molecule has 0 bridgehead atoms. The second kappa shape index (κ2) is 3.03. The maximum atomic E-state index is 5.60. The molecule has 0 radical (unpaired) electrons. The summed E-state index contributed by atoms with van der Waals surface area (Å²) in [5, 5.41) is 9.04. The first-order valence-electron chi connectivity index (χ1n) is 4.80. The van der Waals surface area contributed by atoms with Gasteiger partial charge in [-0.05, 0) is 35.2 Å². The molecule has 3 rings (SSSR count). The number of fused-ring (bicyclic) bond motifs is 3. The molecule has 2 aromatic heterocycles. The average molecular weight is 198 g/mol. The van der Waals surface area contributed by atoms with E-state index in [1.54, 1.807) is 6.33 Å². The molecular weight excluding hydrogens is 188 g/mol. The highest BCUT2D eigenvalue weighted by Crippen LogP contribution is 2.17. The van der Waals surface area contributed by atoms with Crippen molar-refractivity contribution in [3.05, 3.63) is 42.2 Å². The van der Waals surface area contributed by atoms with Gasteiger partial charge in [-0.2, -0.15) is 0 Å². The normalized spacial score (nSPS) is 11.3. The zero-order valence-electron chi connectivity index (χ0n) is 8.09. The Hall–Kier alpha value is -1.94. The van der Waals surface area contributed by atoms with Crippen LogP contribution < -0.4 is 5.73 Å². The van der Waals surface area contributed by atoms with E-state index in [4.69, 9.17) is 5.73 Å². The van der Waals surface area contributed by atoms with Crippen LogP contribution in [0, 0.1) is 0 Å². The Kier molecular flexibility index (Phi) is 1.69. The largest absolute Gasteiger partial charge is 0.326 e. The molecule has 15 heavy (non-hydrogen) atoms. The molecule has 74 valence electrons. The van der Waals surface area contributed by atoms with Crippen LogP contribution in [-0.2, 0) is 6.54 Å². The molecule has 0 aliphatic rings. The zero-order chi connectivity index (χ0) is 10.3. The van der Waals surface area contributed by atoms with Crippen LogP contribution in [-0.4, -0.2) is 14.6 Å². The zero-order valence-corrected chi connectivity index (χ0v) is 8.09. The lowest BCUT2D eigenvalue weighted by Gasteiger charge is -2.03. The van der Waals surface area contributed by atoms with Crippen LogP contribution in [0.3, 0.4) is 0 Å². The molecule has 1 aromatic carbocycles. The number of rotatable bonds is 1. The average Bonchev–Trinajstić information content (AvgIpc) is 2.76. The Morgan fingerprint density at radius 1 is 1.20 bits per heavy atom. The molecule has 0 saturated heterocycles. The minimum atomic E-state index is 0.566. The number of pyridine rings is 1. The maximum Gasteiger partial charge on any atom is 0.161 e. The smallest absolute Gasteiger partial charge is 0.161 e. The van der Waals surface area contributed by atoms with Gasteiger partial charge >= 0.3 is 0 Å². The van der Waals surface area contributed by atoms with Crippen molar-refractivity contribution in [1.82, 2.24) is 14.6 Å². The van der Waals surface area contributed by atoms with Crippen LogP contribution in [0.2, 0.25) is 0 Å². The van der Waals surface area contributed by atoms with Gasteiger partial charge in [0.25, 0.3) is 0 Å². The summed E-state index contributed by atoms with van der Waals surface area (Å²) >= 11 is 0. The Morgan fingerprint density at radius 2 is 2.13 bits per heavy atom. The quantitative estimate of drug-likeness (QED) is 0.642. The Balaban J connectivity index is 2.44. The van der Waals surface area contributed by atoms with Crippen molar-refractivity contribution in [1.29, 1.82) is 0 Å². The van der Waals surface area contributed by atoms with Gasteiger partial charge in [0.15, 0.2) is 5.65 Å². The molecule has 3 aromatic rings. The van der Waals surface area contributed by atoms with Crippen molar-refractivity contribution >= 4 is 16.6 Å². The molecule has 0 amide bonds. The van der Waals surface area contributed by atoms with Crippen LogP contribution in [0.4, 0.5) is 0 Å². The molecule has 4 nitrogen and oxygen atoms in total. The summed E-state index contributed by atoms with van der Waals surface area (Å²) in [5.74, 6) is 0. The van der Waals surface area contributed by atoms with E-state index in [2.05, 4.69) is 16.3 Å². The third-order valence-electron chi connectivity index (χ3n) is 2.57. The molecule has 0 aliphatic heterocycles. The molecule has 0 aliphatic carbocycles. The van der Waals surface area contributed by atoms with Gasteiger partial charge < -0.3 is 5.73 Å². The summed E-state index contributed by atoms with van der Waals surface area (Å²) in [4.78, 5) is 0. The molecule has 4 heteroatoms. The number of hydrogen-bond donors (Lipinski definition) is 1. The van der Waals surface area contributed by atoms with Gasteiger partial charge in [-0.1, -0.05) is 6.07 Å². The fraction of sp³-hybridized carbons (Fsp3) is 0.0909. The fourth-order valence-corrected chi connectivity index (χ4v) is 1.79. The lowest BCUT2D eigenvalue weighted by atomic mass is 10.1. The first kappa shape index (κ1) is 8.38. The van der Waals surface area contributed by atoms with E-state index in [-0.39, 0.29) is 0 Å². The van der Waals surface area contributed by atoms with Crippen molar-refractivity contribution in [2.45, 2.75) is 6.54 Å². The molecule has 0 fully saturated rings. The van der Waals surface area contributed by atoms with Gasteiger partial charge in [0.05, 0.1) is 5.52 Å². The molecular formula is C11H10N4. The van der Waals surface area contributed by atoms with Gasteiger partial charge in [-0.15, -0.1) is 10.2 Å². The number of benzene rings is 1. The predicted octanol–water partition coefficient (Wildman–Crippen LogP) is 1.34. The molecule has 0 saturated carbocycles. The summed E-state index contributed by atoms with van der Waals surface area (Å²) in [6, 6.07) is 10.2. The van der Waals surface area contributed by atoms with Crippen molar-refractivity contribution in [3.8, 4) is 0 Å². The Labute approximate surface area is 86.3 Å². The van der Waals surface area contributed by atoms with Gasteiger partial charge in [-0.3, -0.25) is 4.40 Å². The first-order chi connectivity index (χ1) is 7.38. The summed E-state index contributed by atoms with van der Waals surface area (Å²) < 4.78 is 1.97. The number of nitrogens with zero attached hydrogens (tertiary/aromatic N) is 3. The van der Waals surface area contributed by atoms with E-state index < -0.39 is 0 Å². The van der Waals surface area contributed by atoms with Crippen LogP contribution >= 0.6 is 0 Å². The standard InChI is InChI=1S/C11H10N4/c12-6-8-1-3-10-9(5-8)2-4-11-14-13-7-15(10)11/h1-5,7H,6,12H2. The second-order valence-electron chi connectivity index (χ2n) is 3.49. The lowest BCUT2D eigenvalue weighted by molar-refractivity contribution is 1.07. The molecule has 0 unspecified atom stereocenters. The second-order valence-corrected chi connectivity index (χ2v) is 3.49. The van der Waals surface area contributed by atoms with Gasteiger partial charge in [-0.25, -0.2) is 0 Å². The summed E-state index contributed by atoms with van der Waals surface area (Å²) in [5.41, 5.74) is 8.71. The van der Waals surface area contributed by atoms with Crippen LogP contribution in [0.1, 0.15) is 5.56 Å². The van der Waals surface area contributed by atoms with Crippen LogP contribution in [0.25, 0.3) is 16.6 Å². The third-order valence-corrected chi connectivity index (χ3v) is 2.57. The van der Waals surface area contributed by atoms with Gasteiger partial charge in [0.2, 0.25) is 0 Å². The minimum Gasteiger partial charge on any atom is -0.326 e. The van der Waals surface area contributed by atoms with E-state index in [0.717, 1.165) is 22.1 Å². The van der Waals surface area contributed by atoms with Crippen LogP contribution in [0.15, 0.2) is 36.7 Å². The van der Waals surface area contributed by atoms with E-state index in [9.17, 15) is 0 Å². The predicted molar refractivity (Wildman–Crippen MR) is 58.4 cm³/mol. The van der Waals surface area contributed by atoms with Crippen molar-refractivity contribution in [2.24, 2.45) is 5.73 Å². The van der Waals surface area contributed by atoms with E-state index in [0.29, 0.717) is 6.54 Å². The van der Waals surface area contributed by atoms with Crippen molar-refractivity contribution in [2.75, 3.05) is 0 Å². The summed E-state index contributed by atoms with van der Waals surface area (Å²) in [7, 11) is 0. The molecule has 0 atom stereocenters. The van der Waals surface area contributed by atoms with Gasteiger partial charge in [0.1, 0.15) is 6.33 Å². The highest BCUT2D eigenvalue weighted by atomic mass is 15.2. The SMILES string of the molecule is NCc1ccc2c(ccc3nncn32)c1. The topological polar surface area (TPSA) is 56.2 Å². The molecule has 2 N–H and O–H groups in total. The molecule has 0 spiro atoms. The lowest BCUT2D eigenvalue weighted by Crippen LogP contribution is -1.96. The highest BCUT2D eigenvalue weighted by Gasteiger charge is 2.01. The first-order valence-corrected chi connectivity index (χ1v) is 4.80. The summed E-state index contributed by atoms with van der Waals surface area (Å²) in [6.45, 7) is 0.566. The van der Waals surface area contributed by atoms with Crippen molar-refractivity contribution < 1.29 is 0 Å². The number of aromatic nitrogens is 3. The minimum absolute atomic E-state index is 0.566. The highest BCUT2D eigenvalue weighted by molar-refractivity contribution is 5.82. The van der Waals surface area contributed by atoms with E-state index in [1.807, 2.05) is 28.7 Å². The monoisotopic (exact) mass is 198 g/mol. The fourth-order valence-electron chi connectivity index (χ4n) is 1.79. The van der Waals surface area contributed by atoms with E-state index in [1.165, 1.54) is 0 Å².